The largest absolute Gasteiger partial charge is 0.300 e. The number of Topliss-reactive ketones (excluding diaryl/α,β-unsaturated/α-hetero) is 1. The molecular formula is C15H17NOS. The van der Waals surface area contributed by atoms with Crippen molar-refractivity contribution >= 4 is 17.1 Å². The third-order valence-electron chi connectivity index (χ3n) is 2.87. The number of thiazole rings is 1. The van der Waals surface area contributed by atoms with Crippen LogP contribution in [0.1, 0.15) is 29.3 Å². The van der Waals surface area contributed by atoms with E-state index in [0.29, 0.717) is 6.42 Å². The minimum atomic E-state index is 0.157. The lowest BCUT2D eigenvalue weighted by Gasteiger charge is -2.08. The topological polar surface area (TPSA) is 30.0 Å². The molecule has 0 spiro atoms. The average molecular weight is 259 g/mol. The predicted octanol–water partition coefficient (Wildman–Crippen LogP) is 3.87. The maximum absolute atomic E-state index is 11.1. The lowest BCUT2D eigenvalue weighted by atomic mass is 10.0. The van der Waals surface area contributed by atoms with Crippen LogP contribution < -0.4 is 0 Å². The fourth-order valence-electron chi connectivity index (χ4n) is 2.28. The number of benzene rings is 1. The molecule has 0 aliphatic heterocycles. The highest BCUT2D eigenvalue weighted by Gasteiger charge is 2.11. The first-order valence-electron chi connectivity index (χ1n) is 5.99. The fourth-order valence-corrected chi connectivity index (χ4v) is 3.27. The molecule has 2 rings (SSSR count). The van der Waals surface area contributed by atoms with Crippen molar-refractivity contribution in [2.24, 2.45) is 0 Å². The summed E-state index contributed by atoms with van der Waals surface area (Å²) < 4.78 is 0. The number of carbonyl (C=O) groups is 1. The first kappa shape index (κ1) is 13.0. The van der Waals surface area contributed by atoms with Gasteiger partial charge in [0.25, 0.3) is 0 Å². The predicted molar refractivity (Wildman–Crippen MR) is 76.1 cm³/mol. The molecule has 0 amide bonds. The van der Waals surface area contributed by atoms with E-state index in [1.165, 1.54) is 22.3 Å². The SMILES string of the molecule is CC(=O)Cc1csc(-c2c(C)cc(C)cc2C)n1. The molecule has 1 aromatic carbocycles. The van der Waals surface area contributed by atoms with E-state index in [1.54, 1.807) is 18.3 Å². The van der Waals surface area contributed by atoms with Crippen LogP contribution in [0.3, 0.4) is 0 Å². The Morgan fingerprint density at radius 2 is 1.83 bits per heavy atom. The van der Waals surface area contributed by atoms with Crippen molar-refractivity contribution in [3.63, 3.8) is 0 Å². The number of hydrogen-bond donors (Lipinski definition) is 0. The van der Waals surface area contributed by atoms with Gasteiger partial charge in [-0.15, -0.1) is 11.3 Å². The van der Waals surface area contributed by atoms with E-state index in [0.717, 1.165) is 10.7 Å². The van der Waals surface area contributed by atoms with Gasteiger partial charge in [0.05, 0.1) is 5.69 Å². The number of aromatic nitrogens is 1. The summed E-state index contributed by atoms with van der Waals surface area (Å²) in [6.45, 7) is 7.93. The van der Waals surface area contributed by atoms with E-state index in [2.05, 4.69) is 37.9 Å². The number of hydrogen-bond acceptors (Lipinski definition) is 3. The second-order valence-corrected chi connectivity index (χ2v) is 5.65. The molecule has 1 aromatic heterocycles. The van der Waals surface area contributed by atoms with Crippen molar-refractivity contribution in [1.29, 1.82) is 0 Å². The van der Waals surface area contributed by atoms with Crippen molar-refractivity contribution in [2.45, 2.75) is 34.1 Å². The van der Waals surface area contributed by atoms with E-state index >= 15 is 0 Å². The molecule has 1 heterocycles. The first-order chi connectivity index (χ1) is 8.47. The highest BCUT2D eigenvalue weighted by Crippen LogP contribution is 2.30. The summed E-state index contributed by atoms with van der Waals surface area (Å²) in [4.78, 5) is 15.7. The molecule has 0 atom stereocenters. The van der Waals surface area contributed by atoms with Crippen LogP contribution in [0.5, 0.6) is 0 Å². The van der Waals surface area contributed by atoms with Gasteiger partial charge in [0, 0.05) is 17.4 Å². The van der Waals surface area contributed by atoms with E-state index in [4.69, 9.17) is 0 Å². The zero-order chi connectivity index (χ0) is 13.3. The van der Waals surface area contributed by atoms with Crippen LogP contribution in [-0.2, 0) is 11.2 Å². The Hall–Kier alpha value is -1.48. The van der Waals surface area contributed by atoms with Gasteiger partial charge >= 0.3 is 0 Å². The number of ketones is 1. The standard InChI is InChI=1S/C15H17NOS/c1-9-5-10(2)14(11(3)6-9)15-16-13(8-18-15)7-12(4)17/h5-6,8H,7H2,1-4H3. The Balaban J connectivity index is 2.43. The highest BCUT2D eigenvalue weighted by molar-refractivity contribution is 7.13. The van der Waals surface area contributed by atoms with Gasteiger partial charge in [0.1, 0.15) is 10.8 Å². The Morgan fingerprint density at radius 3 is 2.39 bits per heavy atom. The Labute approximate surface area is 112 Å². The quantitative estimate of drug-likeness (QED) is 0.837. The molecule has 2 aromatic rings. The van der Waals surface area contributed by atoms with Crippen LogP contribution >= 0.6 is 11.3 Å². The fraction of sp³-hybridized carbons (Fsp3) is 0.333. The maximum atomic E-state index is 11.1. The summed E-state index contributed by atoms with van der Waals surface area (Å²) in [7, 11) is 0. The lowest BCUT2D eigenvalue weighted by molar-refractivity contribution is -0.116. The van der Waals surface area contributed by atoms with E-state index in [1.807, 2.05) is 5.38 Å². The molecule has 0 radical (unpaired) electrons. The first-order valence-corrected chi connectivity index (χ1v) is 6.87. The summed E-state index contributed by atoms with van der Waals surface area (Å²) in [5, 5.41) is 3.00. The van der Waals surface area contributed by atoms with Crippen molar-refractivity contribution in [2.75, 3.05) is 0 Å². The molecule has 2 nitrogen and oxygen atoms in total. The second-order valence-electron chi connectivity index (χ2n) is 4.80. The number of rotatable bonds is 3. The summed E-state index contributed by atoms with van der Waals surface area (Å²) in [5.74, 6) is 0.157. The van der Waals surface area contributed by atoms with Crippen molar-refractivity contribution < 1.29 is 4.79 Å². The minimum Gasteiger partial charge on any atom is -0.300 e. The molecule has 0 saturated heterocycles. The van der Waals surface area contributed by atoms with E-state index in [-0.39, 0.29) is 5.78 Å². The third kappa shape index (κ3) is 2.67. The van der Waals surface area contributed by atoms with Crippen LogP contribution in [0.15, 0.2) is 17.5 Å². The summed E-state index contributed by atoms with van der Waals surface area (Å²) in [6, 6.07) is 4.35. The smallest absolute Gasteiger partial charge is 0.135 e. The van der Waals surface area contributed by atoms with Gasteiger partial charge in [-0.05, 0) is 38.8 Å². The van der Waals surface area contributed by atoms with Gasteiger partial charge in [0.15, 0.2) is 0 Å². The van der Waals surface area contributed by atoms with Crippen LogP contribution in [0.2, 0.25) is 0 Å². The molecule has 18 heavy (non-hydrogen) atoms. The Kier molecular flexibility index (Phi) is 3.62. The molecule has 0 fully saturated rings. The van der Waals surface area contributed by atoms with Crippen molar-refractivity contribution in [3.8, 4) is 10.6 Å². The zero-order valence-corrected chi connectivity index (χ0v) is 12.0. The molecule has 0 bridgehead atoms. The molecule has 3 heteroatoms. The number of nitrogens with zero attached hydrogens (tertiary/aromatic N) is 1. The van der Waals surface area contributed by atoms with Gasteiger partial charge in [-0.2, -0.15) is 0 Å². The van der Waals surface area contributed by atoms with Crippen LogP contribution in [0, 0.1) is 20.8 Å². The zero-order valence-electron chi connectivity index (χ0n) is 11.2. The minimum absolute atomic E-state index is 0.157. The molecule has 0 aliphatic rings. The molecule has 0 aliphatic carbocycles. The van der Waals surface area contributed by atoms with Crippen molar-refractivity contribution in [3.05, 3.63) is 39.9 Å². The summed E-state index contributed by atoms with van der Waals surface area (Å²) in [5.41, 5.74) is 5.85. The van der Waals surface area contributed by atoms with Gasteiger partial charge in [-0.25, -0.2) is 4.98 Å². The van der Waals surface area contributed by atoms with Gasteiger partial charge in [-0.3, -0.25) is 4.79 Å². The van der Waals surface area contributed by atoms with Crippen molar-refractivity contribution in [1.82, 2.24) is 4.98 Å². The number of aryl methyl sites for hydroxylation is 3. The molecule has 0 saturated carbocycles. The lowest BCUT2D eigenvalue weighted by Crippen LogP contribution is -1.96. The Bertz CT molecular complexity index is 575. The monoisotopic (exact) mass is 259 g/mol. The van der Waals surface area contributed by atoms with Crippen LogP contribution in [0.4, 0.5) is 0 Å². The van der Waals surface area contributed by atoms with Gasteiger partial charge < -0.3 is 0 Å². The van der Waals surface area contributed by atoms with Gasteiger partial charge in [-0.1, -0.05) is 17.7 Å². The maximum Gasteiger partial charge on any atom is 0.135 e. The molecule has 94 valence electrons. The Morgan fingerprint density at radius 1 is 1.22 bits per heavy atom. The summed E-state index contributed by atoms with van der Waals surface area (Å²) >= 11 is 1.62. The normalized spacial score (nSPS) is 10.7. The summed E-state index contributed by atoms with van der Waals surface area (Å²) in [6.07, 6.45) is 0.431. The molecule has 0 N–H and O–H groups in total. The van der Waals surface area contributed by atoms with Gasteiger partial charge in [0.2, 0.25) is 0 Å². The average Bonchev–Trinajstić information content (AvgIpc) is 2.63. The van der Waals surface area contributed by atoms with E-state index < -0.39 is 0 Å². The second kappa shape index (κ2) is 5.02. The highest BCUT2D eigenvalue weighted by atomic mass is 32.1. The third-order valence-corrected chi connectivity index (χ3v) is 3.78. The van der Waals surface area contributed by atoms with Crippen LogP contribution in [0.25, 0.3) is 10.6 Å². The molecular weight excluding hydrogens is 242 g/mol. The molecule has 0 unspecified atom stereocenters. The van der Waals surface area contributed by atoms with Crippen LogP contribution in [-0.4, -0.2) is 10.8 Å². The number of carbonyl (C=O) groups excluding carboxylic acids is 1. The van der Waals surface area contributed by atoms with E-state index in [9.17, 15) is 4.79 Å².